The Bertz CT molecular complexity index is 783. The summed E-state index contributed by atoms with van der Waals surface area (Å²) in [7, 11) is 0. The number of hydrogen-bond acceptors (Lipinski definition) is 5. The van der Waals surface area contributed by atoms with Crippen LogP contribution in [0.15, 0.2) is 55.1 Å². The molecule has 24 heavy (non-hydrogen) atoms. The van der Waals surface area contributed by atoms with E-state index in [9.17, 15) is 4.79 Å². The molecule has 0 unspecified atom stereocenters. The number of amides is 1. The molecule has 1 aromatic carbocycles. The van der Waals surface area contributed by atoms with Crippen molar-refractivity contribution in [1.29, 1.82) is 0 Å². The number of aromatic nitrogens is 4. The zero-order valence-corrected chi connectivity index (χ0v) is 13.2. The van der Waals surface area contributed by atoms with Gasteiger partial charge in [0.1, 0.15) is 12.1 Å². The second kappa shape index (κ2) is 7.36. The molecule has 2 aromatic heterocycles. The van der Waals surface area contributed by atoms with Gasteiger partial charge in [0, 0.05) is 30.6 Å². The fraction of sp³-hybridized carbons (Fsp3) is 0.176. The predicted octanol–water partition coefficient (Wildman–Crippen LogP) is 3.19. The Labute approximate surface area is 139 Å². The van der Waals surface area contributed by atoms with Gasteiger partial charge in [-0.2, -0.15) is 0 Å². The van der Waals surface area contributed by atoms with Gasteiger partial charge in [0.25, 0.3) is 0 Å². The Morgan fingerprint density at radius 2 is 2.00 bits per heavy atom. The molecule has 7 nitrogen and oxygen atoms in total. The van der Waals surface area contributed by atoms with Crippen molar-refractivity contribution in [2.24, 2.45) is 0 Å². The van der Waals surface area contributed by atoms with Crippen LogP contribution in [-0.2, 0) is 4.79 Å². The Morgan fingerprint density at radius 3 is 2.62 bits per heavy atom. The molecular formula is C17H17N5O2. The van der Waals surface area contributed by atoms with E-state index in [1.165, 1.54) is 0 Å². The molecule has 0 radical (unpaired) electrons. The molecule has 122 valence electrons. The maximum atomic E-state index is 11.6. The zero-order valence-electron chi connectivity index (χ0n) is 13.2. The van der Waals surface area contributed by atoms with Gasteiger partial charge in [0.05, 0.1) is 0 Å². The summed E-state index contributed by atoms with van der Waals surface area (Å²) in [6.07, 6.45) is 6.44. The van der Waals surface area contributed by atoms with Gasteiger partial charge < -0.3 is 10.1 Å². The number of ether oxygens (including phenoxy) is 1. The molecule has 0 saturated carbocycles. The number of benzene rings is 1. The van der Waals surface area contributed by atoms with Gasteiger partial charge in [-0.1, -0.05) is 6.92 Å². The minimum absolute atomic E-state index is 0.00660. The highest BCUT2D eigenvalue weighted by molar-refractivity contribution is 5.90. The van der Waals surface area contributed by atoms with Crippen molar-refractivity contribution in [2.45, 2.75) is 19.8 Å². The first-order valence-electron chi connectivity index (χ1n) is 7.64. The van der Waals surface area contributed by atoms with Crippen molar-refractivity contribution in [3.8, 4) is 17.4 Å². The van der Waals surface area contributed by atoms with E-state index >= 15 is 0 Å². The van der Waals surface area contributed by atoms with Crippen molar-refractivity contribution in [1.82, 2.24) is 19.7 Å². The zero-order chi connectivity index (χ0) is 16.8. The molecule has 1 amide bonds. The molecular weight excluding hydrogens is 306 g/mol. The molecule has 0 atom stereocenters. The average molecular weight is 323 g/mol. The lowest BCUT2D eigenvalue weighted by molar-refractivity contribution is -0.116. The first-order chi connectivity index (χ1) is 11.7. The molecule has 3 aromatic rings. The molecule has 0 aliphatic carbocycles. The fourth-order valence-corrected chi connectivity index (χ4v) is 2.08. The third-order valence-electron chi connectivity index (χ3n) is 3.23. The summed E-state index contributed by atoms with van der Waals surface area (Å²) in [5.74, 6) is 1.68. The standard InChI is InChI=1S/C17H17N5O2/c1-2-3-16(23)19-13-4-6-14(7-5-13)24-17-9-8-15(20-21-17)22-11-10-18-12-22/h4-12H,2-3H2,1H3,(H,19,23). The first-order valence-corrected chi connectivity index (χ1v) is 7.64. The SMILES string of the molecule is CCCC(=O)Nc1ccc(Oc2ccc(-n3ccnc3)nn2)cc1. The molecule has 0 saturated heterocycles. The molecule has 3 rings (SSSR count). The van der Waals surface area contributed by atoms with Gasteiger partial charge in [-0.25, -0.2) is 4.98 Å². The number of carbonyl (C=O) groups is 1. The monoisotopic (exact) mass is 323 g/mol. The van der Waals surface area contributed by atoms with Gasteiger partial charge in [-0.05, 0) is 36.8 Å². The lowest BCUT2D eigenvalue weighted by atomic mass is 10.2. The van der Waals surface area contributed by atoms with E-state index < -0.39 is 0 Å². The van der Waals surface area contributed by atoms with E-state index in [0.717, 1.165) is 12.1 Å². The van der Waals surface area contributed by atoms with Crippen LogP contribution in [0.4, 0.5) is 5.69 Å². The number of hydrogen-bond donors (Lipinski definition) is 1. The molecule has 0 bridgehead atoms. The van der Waals surface area contributed by atoms with Crippen LogP contribution >= 0.6 is 0 Å². The van der Waals surface area contributed by atoms with E-state index in [4.69, 9.17) is 4.74 Å². The van der Waals surface area contributed by atoms with Crippen LogP contribution < -0.4 is 10.1 Å². The molecule has 0 fully saturated rings. The van der Waals surface area contributed by atoms with Crippen molar-refractivity contribution in [3.63, 3.8) is 0 Å². The van der Waals surface area contributed by atoms with E-state index in [2.05, 4.69) is 20.5 Å². The summed E-state index contributed by atoms with van der Waals surface area (Å²) < 4.78 is 7.40. The number of anilines is 1. The number of rotatable bonds is 6. The van der Waals surface area contributed by atoms with E-state index in [0.29, 0.717) is 23.9 Å². The highest BCUT2D eigenvalue weighted by Crippen LogP contribution is 2.21. The second-order valence-electron chi connectivity index (χ2n) is 5.12. The van der Waals surface area contributed by atoms with Crippen LogP contribution in [0.2, 0.25) is 0 Å². The predicted molar refractivity (Wildman–Crippen MR) is 89.2 cm³/mol. The molecule has 0 aliphatic rings. The van der Waals surface area contributed by atoms with Gasteiger partial charge in [0.2, 0.25) is 11.8 Å². The van der Waals surface area contributed by atoms with Crippen molar-refractivity contribution < 1.29 is 9.53 Å². The minimum atomic E-state index is 0.00660. The highest BCUT2D eigenvalue weighted by atomic mass is 16.5. The van der Waals surface area contributed by atoms with Gasteiger partial charge in [0.15, 0.2) is 5.82 Å². The Balaban J connectivity index is 1.62. The number of nitrogens with zero attached hydrogens (tertiary/aromatic N) is 4. The maximum absolute atomic E-state index is 11.6. The van der Waals surface area contributed by atoms with Gasteiger partial charge in [-0.15, -0.1) is 10.2 Å². The van der Waals surface area contributed by atoms with Crippen LogP contribution in [0.25, 0.3) is 5.82 Å². The van der Waals surface area contributed by atoms with E-state index in [1.54, 1.807) is 59.7 Å². The Morgan fingerprint density at radius 1 is 1.17 bits per heavy atom. The number of carbonyl (C=O) groups excluding carboxylic acids is 1. The normalized spacial score (nSPS) is 10.4. The lowest BCUT2D eigenvalue weighted by Crippen LogP contribution is -2.10. The third kappa shape index (κ3) is 3.95. The van der Waals surface area contributed by atoms with Crippen molar-refractivity contribution >= 4 is 11.6 Å². The maximum Gasteiger partial charge on any atom is 0.238 e. The molecule has 0 spiro atoms. The third-order valence-corrected chi connectivity index (χ3v) is 3.23. The van der Waals surface area contributed by atoms with E-state index in [1.807, 2.05) is 6.92 Å². The van der Waals surface area contributed by atoms with E-state index in [-0.39, 0.29) is 5.91 Å². The Hall–Kier alpha value is -3.22. The molecule has 2 heterocycles. The molecule has 1 N–H and O–H groups in total. The summed E-state index contributed by atoms with van der Waals surface area (Å²) >= 11 is 0. The summed E-state index contributed by atoms with van der Waals surface area (Å²) in [4.78, 5) is 15.5. The van der Waals surface area contributed by atoms with Crippen molar-refractivity contribution in [3.05, 3.63) is 55.1 Å². The molecule has 7 heteroatoms. The van der Waals surface area contributed by atoms with Crippen LogP contribution in [0.1, 0.15) is 19.8 Å². The van der Waals surface area contributed by atoms with Crippen LogP contribution in [0.5, 0.6) is 11.6 Å². The number of imidazole rings is 1. The quantitative estimate of drug-likeness (QED) is 0.753. The summed E-state index contributed by atoms with van der Waals surface area (Å²) in [5, 5.41) is 10.9. The largest absolute Gasteiger partial charge is 0.438 e. The van der Waals surface area contributed by atoms with Gasteiger partial charge >= 0.3 is 0 Å². The van der Waals surface area contributed by atoms with Crippen LogP contribution in [-0.4, -0.2) is 25.7 Å². The average Bonchev–Trinajstić information content (AvgIpc) is 3.12. The summed E-state index contributed by atoms with van der Waals surface area (Å²) in [6.45, 7) is 1.97. The number of nitrogens with one attached hydrogen (secondary N) is 1. The topological polar surface area (TPSA) is 81.9 Å². The van der Waals surface area contributed by atoms with Crippen LogP contribution in [0, 0.1) is 0 Å². The molecule has 0 aliphatic heterocycles. The summed E-state index contributed by atoms with van der Waals surface area (Å²) in [6, 6.07) is 10.6. The first kappa shape index (κ1) is 15.7. The smallest absolute Gasteiger partial charge is 0.238 e. The fourth-order valence-electron chi connectivity index (χ4n) is 2.08. The van der Waals surface area contributed by atoms with Gasteiger partial charge in [-0.3, -0.25) is 9.36 Å². The Kier molecular flexibility index (Phi) is 4.81. The lowest BCUT2D eigenvalue weighted by Gasteiger charge is -2.07. The minimum Gasteiger partial charge on any atom is -0.438 e. The second-order valence-corrected chi connectivity index (χ2v) is 5.12. The van der Waals surface area contributed by atoms with Crippen molar-refractivity contribution in [2.75, 3.05) is 5.32 Å². The highest BCUT2D eigenvalue weighted by Gasteiger charge is 2.04. The van der Waals surface area contributed by atoms with Crippen LogP contribution in [0.3, 0.4) is 0 Å². The summed E-state index contributed by atoms with van der Waals surface area (Å²) in [5.41, 5.74) is 0.738.